The predicted octanol–water partition coefficient (Wildman–Crippen LogP) is 3.57. The molecule has 36 heavy (non-hydrogen) atoms. The van der Waals surface area contributed by atoms with Crippen LogP contribution in [0, 0.1) is 5.82 Å². The number of nitrogens with one attached hydrogen (secondary N) is 2. The predicted molar refractivity (Wildman–Crippen MR) is 134 cm³/mol. The largest absolute Gasteiger partial charge is 0.376 e. The van der Waals surface area contributed by atoms with Crippen molar-refractivity contribution in [1.82, 2.24) is 5.32 Å². The van der Waals surface area contributed by atoms with Crippen LogP contribution in [-0.2, 0) is 19.6 Å². The molecule has 2 N–H and O–H groups in total. The molecule has 1 atom stereocenters. The Labute approximate surface area is 209 Å². The van der Waals surface area contributed by atoms with Gasteiger partial charge in [0.15, 0.2) is 0 Å². The first-order chi connectivity index (χ1) is 17.4. The van der Waals surface area contributed by atoms with Crippen LogP contribution in [0.2, 0.25) is 0 Å². The van der Waals surface area contributed by atoms with Crippen LogP contribution in [0.15, 0.2) is 83.8 Å². The molecule has 0 saturated carbocycles. The van der Waals surface area contributed by atoms with Crippen molar-refractivity contribution in [3.05, 3.63) is 90.2 Å². The average molecular weight is 512 g/mol. The standard InChI is InChI=1S/C26H26FN3O5S/c27-22-13-5-7-15-24(22)30(36(33,34)20-10-2-1-3-11-20)18-25(31)29-23-14-6-4-12-21(23)26(32)28-17-19-9-8-16-35-19/h1-7,10-15,19H,8-9,16-18H2,(H,28,32)(H,29,31)/t19-/m1/s1. The number of hydrogen-bond acceptors (Lipinski definition) is 5. The molecule has 10 heteroatoms. The van der Waals surface area contributed by atoms with E-state index in [-0.39, 0.29) is 27.9 Å². The van der Waals surface area contributed by atoms with Gasteiger partial charge in [0, 0.05) is 13.2 Å². The number of amides is 2. The normalized spacial score (nSPS) is 15.3. The lowest BCUT2D eigenvalue weighted by molar-refractivity contribution is -0.114. The number of nitrogens with zero attached hydrogens (tertiary/aromatic N) is 1. The summed E-state index contributed by atoms with van der Waals surface area (Å²) in [6, 6.07) is 19.2. The van der Waals surface area contributed by atoms with Crippen molar-refractivity contribution in [3.8, 4) is 0 Å². The maximum atomic E-state index is 14.6. The van der Waals surface area contributed by atoms with E-state index in [0.717, 1.165) is 18.9 Å². The first-order valence-corrected chi connectivity index (χ1v) is 12.9. The van der Waals surface area contributed by atoms with Crippen molar-refractivity contribution in [2.24, 2.45) is 0 Å². The average Bonchev–Trinajstić information content (AvgIpc) is 3.41. The molecule has 3 aromatic carbocycles. The lowest BCUT2D eigenvalue weighted by atomic mass is 10.1. The van der Waals surface area contributed by atoms with Crippen LogP contribution in [0.3, 0.4) is 0 Å². The molecule has 0 aromatic heterocycles. The fourth-order valence-corrected chi connectivity index (χ4v) is 5.34. The van der Waals surface area contributed by atoms with Gasteiger partial charge < -0.3 is 15.4 Å². The summed E-state index contributed by atoms with van der Waals surface area (Å²) >= 11 is 0. The summed E-state index contributed by atoms with van der Waals surface area (Å²) in [5.41, 5.74) is 0.157. The molecule has 1 fully saturated rings. The van der Waals surface area contributed by atoms with E-state index in [1.54, 1.807) is 24.3 Å². The molecule has 0 radical (unpaired) electrons. The van der Waals surface area contributed by atoms with E-state index in [4.69, 9.17) is 4.74 Å². The minimum absolute atomic E-state index is 0.0479. The van der Waals surface area contributed by atoms with Gasteiger partial charge in [0.2, 0.25) is 5.91 Å². The van der Waals surface area contributed by atoms with E-state index >= 15 is 0 Å². The van der Waals surface area contributed by atoms with Gasteiger partial charge in [0.25, 0.3) is 15.9 Å². The van der Waals surface area contributed by atoms with Crippen molar-refractivity contribution in [2.45, 2.75) is 23.8 Å². The summed E-state index contributed by atoms with van der Waals surface area (Å²) in [6.07, 6.45) is 1.76. The SMILES string of the molecule is O=C(CN(c1ccccc1F)S(=O)(=O)c1ccccc1)Nc1ccccc1C(=O)NC[C@H]1CCCO1. The number of halogens is 1. The van der Waals surface area contributed by atoms with Gasteiger partial charge in [0.1, 0.15) is 12.4 Å². The third kappa shape index (κ3) is 5.89. The Balaban J connectivity index is 1.55. The minimum atomic E-state index is -4.27. The summed E-state index contributed by atoms with van der Waals surface area (Å²) < 4.78 is 47.6. The summed E-state index contributed by atoms with van der Waals surface area (Å²) in [6.45, 7) is 0.305. The molecule has 8 nitrogen and oxygen atoms in total. The van der Waals surface area contributed by atoms with E-state index in [9.17, 15) is 22.4 Å². The highest BCUT2D eigenvalue weighted by Gasteiger charge is 2.29. The van der Waals surface area contributed by atoms with Crippen LogP contribution in [0.4, 0.5) is 15.8 Å². The molecule has 2 amide bonds. The molecule has 1 aliphatic rings. The molecule has 3 aromatic rings. The van der Waals surface area contributed by atoms with Crippen molar-refractivity contribution in [2.75, 3.05) is 29.3 Å². The van der Waals surface area contributed by atoms with Gasteiger partial charge in [-0.3, -0.25) is 13.9 Å². The maximum Gasteiger partial charge on any atom is 0.264 e. The van der Waals surface area contributed by atoms with E-state index in [1.807, 2.05) is 0 Å². The number of carbonyl (C=O) groups excluding carboxylic acids is 2. The lowest BCUT2D eigenvalue weighted by Gasteiger charge is -2.24. The lowest BCUT2D eigenvalue weighted by Crippen LogP contribution is -2.39. The quantitative estimate of drug-likeness (QED) is 0.457. The van der Waals surface area contributed by atoms with Crippen molar-refractivity contribution in [3.63, 3.8) is 0 Å². The number of rotatable bonds is 9. The molecule has 0 spiro atoms. The summed E-state index contributed by atoms with van der Waals surface area (Å²) in [4.78, 5) is 25.7. The molecular weight excluding hydrogens is 485 g/mol. The Bertz CT molecular complexity index is 1330. The summed E-state index contributed by atoms with van der Waals surface area (Å²) in [7, 11) is -4.27. The zero-order valence-electron chi connectivity index (χ0n) is 19.4. The van der Waals surface area contributed by atoms with E-state index in [1.165, 1.54) is 48.5 Å². The molecule has 0 bridgehead atoms. The molecule has 1 saturated heterocycles. The first-order valence-electron chi connectivity index (χ1n) is 11.5. The summed E-state index contributed by atoms with van der Waals surface area (Å²) in [5, 5.41) is 5.41. The topological polar surface area (TPSA) is 105 Å². The van der Waals surface area contributed by atoms with E-state index < -0.39 is 34.2 Å². The van der Waals surface area contributed by atoms with Crippen molar-refractivity contribution >= 4 is 33.2 Å². The fourth-order valence-electron chi connectivity index (χ4n) is 3.89. The Hall–Kier alpha value is -3.76. The van der Waals surface area contributed by atoms with Crippen LogP contribution in [0.1, 0.15) is 23.2 Å². The Morgan fingerprint density at radius 2 is 1.67 bits per heavy atom. The second-order valence-electron chi connectivity index (χ2n) is 8.21. The van der Waals surface area contributed by atoms with Gasteiger partial charge in [-0.1, -0.05) is 42.5 Å². The number of benzene rings is 3. The van der Waals surface area contributed by atoms with Gasteiger partial charge in [-0.05, 0) is 49.2 Å². The number of carbonyl (C=O) groups is 2. The van der Waals surface area contributed by atoms with Crippen LogP contribution < -0.4 is 14.9 Å². The molecule has 188 valence electrons. The smallest absolute Gasteiger partial charge is 0.264 e. The van der Waals surface area contributed by atoms with E-state index in [2.05, 4.69) is 10.6 Å². The zero-order chi connectivity index (χ0) is 25.5. The number of sulfonamides is 1. The van der Waals surface area contributed by atoms with Gasteiger partial charge in [-0.25, -0.2) is 12.8 Å². The van der Waals surface area contributed by atoms with Crippen molar-refractivity contribution in [1.29, 1.82) is 0 Å². The third-order valence-corrected chi connectivity index (χ3v) is 7.47. The van der Waals surface area contributed by atoms with Gasteiger partial charge >= 0.3 is 0 Å². The number of ether oxygens (including phenoxy) is 1. The van der Waals surface area contributed by atoms with Gasteiger partial charge in [0.05, 0.1) is 27.9 Å². The van der Waals surface area contributed by atoms with E-state index in [0.29, 0.717) is 17.5 Å². The fraction of sp³-hybridized carbons (Fsp3) is 0.231. The second kappa shape index (κ2) is 11.3. The third-order valence-electron chi connectivity index (χ3n) is 5.70. The van der Waals surface area contributed by atoms with Crippen LogP contribution >= 0.6 is 0 Å². The number of para-hydroxylation sites is 2. The number of anilines is 2. The number of hydrogen-bond donors (Lipinski definition) is 2. The Morgan fingerprint density at radius 3 is 2.39 bits per heavy atom. The van der Waals surface area contributed by atoms with Crippen LogP contribution in [-0.4, -0.2) is 46.0 Å². The Morgan fingerprint density at radius 1 is 0.972 bits per heavy atom. The zero-order valence-corrected chi connectivity index (χ0v) is 20.2. The molecule has 4 rings (SSSR count). The molecule has 0 unspecified atom stereocenters. The first kappa shape index (κ1) is 25.3. The molecular formula is C26H26FN3O5S. The van der Waals surface area contributed by atoms with Crippen molar-refractivity contribution < 1.29 is 27.1 Å². The minimum Gasteiger partial charge on any atom is -0.376 e. The van der Waals surface area contributed by atoms with Gasteiger partial charge in [-0.15, -0.1) is 0 Å². The summed E-state index contributed by atoms with van der Waals surface area (Å²) in [5.74, 6) is -1.93. The second-order valence-corrected chi connectivity index (χ2v) is 10.1. The monoisotopic (exact) mass is 511 g/mol. The molecule has 0 aliphatic carbocycles. The van der Waals surface area contributed by atoms with Gasteiger partial charge in [-0.2, -0.15) is 0 Å². The highest BCUT2D eigenvalue weighted by atomic mass is 32.2. The highest BCUT2D eigenvalue weighted by molar-refractivity contribution is 7.92. The van der Waals surface area contributed by atoms with Crippen LogP contribution in [0.25, 0.3) is 0 Å². The van der Waals surface area contributed by atoms with Crippen LogP contribution in [0.5, 0.6) is 0 Å². The Kier molecular flexibility index (Phi) is 7.97. The highest BCUT2D eigenvalue weighted by Crippen LogP contribution is 2.26. The molecule has 1 aliphatic heterocycles. The maximum absolute atomic E-state index is 14.6. The molecule has 1 heterocycles.